The fourth-order valence-electron chi connectivity index (χ4n) is 5.07. The lowest BCUT2D eigenvalue weighted by molar-refractivity contribution is -0.129. The molecule has 166 valence electrons. The molecule has 0 aliphatic carbocycles. The highest BCUT2D eigenvalue weighted by atomic mass is 16.2. The number of benzene rings is 2. The average molecular weight is 421 g/mol. The van der Waals surface area contributed by atoms with Crippen LogP contribution < -0.4 is 9.80 Å². The Balaban J connectivity index is 1.40. The van der Waals surface area contributed by atoms with Gasteiger partial charge in [-0.1, -0.05) is 30.3 Å². The highest BCUT2D eigenvalue weighted by Gasteiger charge is 2.27. The topological polar surface area (TPSA) is 30.0 Å². The second kappa shape index (κ2) is 9.31. The van der Waals surface area contributed by atoms with Crippen molar-refractivity contribution in [2.75, 3.05) is 49.1 Å². The maximum absolute atomic E-state index is 11.7. The number of aryl methyl sites for hydroxylation is 1. The van der Waals surface area contributed by atoms with E-state index in [1.807, 2.05) is 4.90 Å². The van der Waals surface area contributed by atoms with Crippen molar-refractivity contribution >= 4 is 17.3 Å². The van der Waals surface area contributed by atoms with E-state index in [0.717, 1.165) is 45.8 Å². The number of carbonyl (C=O) groups is 1. The van der Waals surface area contributed by atoms with Crippen molar-refractivity contribution in [1.82, 2.24) is 9.80 Å². The molecule has 0 radical (unpaired) electrons. The lowest BCUT2D eigenvalue weighted by Gasteiger charge is -2.43. The van der Waals surface area contributed by atoms with Crippen molar-refractivity contribution in [3.8, 4) is 0 Å². The van der Waals surface area contributed by atoms with Gasteiger partial charge in [0.05, 0.1) is 0 Å². The zero-order valence-corrected chi connectivity index (χ0v) is 19.4. The van der Waals surface area contributed by atoms with Crippen LogP contribution in [-0.4, -0.2) is 67.1 Å². The standard InChI is InChI=1S/C26H36N4O/c1-20-16-25(30-15-14-28(23(4)31)18-22(30)3)10-11-26(20)29-13-12-27(21(2)17-29)19-24-8-6-5-7-9-24/h5-11,16,21-22H,12-15,17-19H2,1-4H3/t21-,22-/m1/s1. The first kappa shape index (κ1) is 21.7. The van der Waals surface area contributed by atoms with Gasteiger partial charge in [-0.2, -0.15) is 0 Å². The quantitative estimate of drug-likeness (QED) is 0.753. The van der Waals surface area contributed by atoms with Crippen LogP contribution in [0.3, 0.4) is 0 Å². The number of amides is 1. The largest absolute Gasteiger partial charge is 0.368 e. The molecule has 5 nitrogen and oxygen atoms in total. The van der Waals surface area contributed by atoms with E-state index in [1.165, 1.54) is 22.5 Å². The summed E-state index contributed by atoms with van der Waals surface area (Å²) >= 11 is 0. The number of hydrogen-bond donors (Lipinski definition) is 0. The number of rotatable bonds is 4. The second-order valence-corrected chi connectivity index (χ2v) is 9.23. The van der Waals surface area contributed by atoms with Crippen LogP contribution in [0.2, 0.25) is 0 Å². The molecule has 0 N–H and O–H groups in total. The summed E-state index contributed by atoms with van der Waals surface area (Å²) in [7, 11) is 0. The zero-order chi connectivity index (χ0) is 22.0. The molecule has 0 saturated carbocycles. The molecule has 2 fully saturated rings. The molecule has 0 unspecified atom stereocenters. The molecule has 2 aliphatic rings. The van der Waals surface area contributed by atoms with Crippen molar-refractivity contribution in [2.24, 2.45) is 0 Å². The van der Waals surface area contributed by atoms with E-state index in [0.29, 0.717) is 12.1 Å². The molecule has 0 spiro atoms. The first-order chi connectivity index (χ1) is 14.9. The Morgan fingerprint density at radius 1 is 0.935 bits per heavy atom. The lowest BCUT2D eigenvalue weighted by Crippen LogP contribution is -2.53. The van der Waals surface area contributed by atoms with Crippen molar-refractivity contribution in [2.45, 2.75) is 46.3 Å². The van der Waals surface area contributed by atoms with E-state index in [9.17, 15) is 4.79 Å². The van der Waals surface area contributed by atoms with Crippen LogP contribution in [0.1, 0.15) is 31.9 Å². The SMILES string of the molecule is CC(=O)N1CCN(c2ccc(N3CCN(Cc4ccccc4)[C@H](C)C3)c(C)c2)[C@H](C)C1. The van der Waals surface area contributed by atoms with E-state index >= 15 is 0 Å². The molecule has 2 aliphatic heterocycles. The molecule has 4 rings (SSSR count). The predicted molar refractivity (Wildman–Crippen MR) is 129 cm³/mol. The third kappa shape index (κ3) is 4.87. The van der Waals surface area contributed by atoms with Crippen LogP contribution in [0, 0.1) is 6.92 Å². The third-order valence-electron chi connectivity index (χ3n) is 6.92. The van der Waals surface area contributed by atoms with Gasteiger partial charge in [-0.3, -0.25) is 9.69 Å². The minimum atomic E-state index is 0.179. The minimum Gasteiger partial charge on any atom is -0.368 e. The van der Waals surface area contributed by atoms with Gasteiger partial charge in [-0.15, -0.1) is 0 Å². The molecule has 2 saturated heterocycles. The van der Waals surface area contributed by atoms with Crippen LogP contribution in [0.25, 0.3) is 0 Å². The Hall–Kier alpha value is -2.53. The summed E-state index contributed by atoms with van der Waals surface area (Å²) in [6.07, 6.45) is 0. The van der Waals surface area contributed by atoms with Crippen LogP contribution in [-0.2, 0) is 11.3 Å². The number of anilines is 2. The number of carbonyl (C=O) groups excluding carboxylic acids is 1. The first-order valence-corrected chi connectivity index (χ1v) is 11.6. The average Bonchev–Trinajstić information content (AvgIpc) is 2.76. The van der Waals surface area contributed by atoms with Gasteiger partial charge in [0.1, 0.15) is 0 Å². The van der Waals surface area contributed by atoms with Gasteiger partial charge < -0.3 is 14.7 Å². The molecule has 2 aromatic carbocycles. The highest BCUT2D eigenvalue weighted by molar-refractivity contribution is 5.74. The number of piperazine rings is 2. The summed E-state index contributed by atoms with van der Waals surface area (Å²) in [5.74, 6) is 0.179. The van der Waals surface area contributed by atoms with Crippen LogP contribution in [0.4, 0.5) is 11.4 Å². The van der Waals surface area contributed by atoms with Crippen molar-refractivity contribution in [1.29, 1.82) is 0 Å². The molecular weight excluding hydrogens is 384 g/mol. The van der Waals surface area contributed by atoms with Crippen molar-refractivity contribution in [3.05, 3.63) is 59.7 Å². The third-order valence-corrected chi connectivity index (χ3v) is 6.92. The summed E-state index contributed by atoms with van der Waals surface area (Å²) in [5.41, 5.74) is 5.35. The van der Waals surface area contributed by atoms with Gasteiger partial charge >= 0.3 is 0 Å². The normalized spacial score (nSPS) is 22.6. The van der Waals surface area contributed by atoms with E-state index < -0.39 is 0 Å². The van der Waals surface area contributed by atoms with Gasteiger partial charge in [0, 0.05) is 76.2 Å². The summed E-state index contributed by atoms with van der Waals surface area (Å²) in [6.45, 7) is 15.2. The predicted octanol–water partition coefficient (Wildman–Crippen LogP) is 3.76. The maximum atomic E-state index is 11.7. The van der Waals surface area contributed by atoms with Crippen LogP contribution >= 0.6 is 0 Å². The van der Waals surface area contributed by atoms with E-state index in [1.54, 1.807) is 6.92 Å². The fraction of sp³-hybridized carbons (Fsp3) is 0.500. The molecule has 1 amide bonds. The highest BCUT2D eigenvalue weighted by Crippen LogP contribution is 2.29. The monoisotopic (exact) mass is 420 g/mol. The summed E-state index contributed by atoms with van der Waals surface area (Å²) in [5, 5.41) is 0. The van der Waals surface area contributed by atoms with Gasteiger partial charge in [0.2, 0.25) is 5.91 Å². The molecule has 31 heavy (non-hydrogen) atoms. The molecule has 2 atom stereocenters. The molecule has 0 aromatic heterocycles. The minimum absolute atomic E-state index is 0.179. The molecule has 0 bridgehead atoms. The summed E-state index contributed by atoms with van der Waals surface area (Å²) in [6, 6.07) is 18.5. The molecule has 5 heteroatoms. The van der Waals surface area contributed by atoms with Gasteiger partial charge in [0.25, 0.3) is 0 Å². The first-order valence-electron chi connectivity index (χ1n) is 11.6. The Morgan fingerprint density at radius 2 is 1.71 bits per heavy atom. The Morgan fingerprint density at radius 3 is 2.35 bits per heavy atom. The summed E-state index contributed by atoms with van der Waals surface area (Å²) < 4.78 is 0. The van der Waals surface area contributed by atoms with E-state index in [4.69, 9.17) is 0 Å². The smallest absolute Gasteiger partial charge is 0.219 e. The summed E-state index contributed by atoms with van der Waals surface area (Å²) in [4.78, 5) is 21.2. The number of nitrogens with zero attached hydrogens (tertiary/aromatic N) is 4. The number of hydrogen-bond acceptors (Lipinski definition) is 4. The van der Waals surface area contributed by atoms with Gasteiger partial charge in [-0.05, 0) is 50.1 Å². The maximum Gasteiger partial charge on any atom is 0.219 e. The fourth-order valence-corrected chi connectivity index (χ4v) is 5.07. The Kier molecular flexibility index (Phi) is 6.51. The van der Waals surface area contributed by atoms with Crippen LogP contribution in [0.5, 0.6) is 0 Å². The van der Waals surface area contributed by atoms with E-state index in [-0.39, 0.29) is 5.91 Å². The van der Waals surface area contributed by atoms with Gasteiger partial charge in [-0.25, -0.2) is 0 Å². The molecular formula is C26H36N4O. The van der Waals surface area contributed by atoms with Gasteiger partial charge in [0.15, 0.2) is 0 Å². The van der Waals surface area contributed by atoms with Crippen molar-refractivity contribution in [3.63, 3.8) is 0 Å². The van der Waals surface area contributed by atoms with Crippen LogP contribution in [0.15, 0.2) is 48.5 Å². The van der Waals surface area contributed by atoms with Crippen molar-refractivity contribution < 1.29 is 4.79 Å². The molecule has 2 aromatic rings. The Bertz CT molecular complexity index is 900. The lowest BCUT2D eigenvalue weighted by atomic mass is 10.1. The van der Waals surface area contributed by atoms with E-state index in [2.05, 4.69) is 84.0 Å². The Labute approximate surface area is 187 Å². The zero-order valence-electron chi connectivity index (χ0n) is 19.4. The molecule has 2 heterocycles. The second-order valence-electron chi connectivity index (χ2n) is 9.23.